The minimum atomic E-state index is 0.0778. The van der Waals surface area contributed by atoms with Crippen LogP contribution >= 0.6 is 0 Å². The summed E-state index contributed by atoms with van der Waals surface area (Å²) in [5, 5.41) is 0. The first kappa shape index (κ1) is 16.5. The lowest BCUT2D eigenvalue weighted by Gasteiger charge is -2.22. The van der Waals surface area contributed by atoms with Gasteiger partial charge in [0.15, 0.2) is 6.61 Å². The lowest BCUT2D eigenvalue weighted by molar-refractivity contribution is -0.133. The normalized spacial score (nSPS) is 10.4. The molecule has 0 spiro atoms. The fourth-order valence-corrected chi connectivity index (χ4v) is 2.27. The maximum Gasteiger partial charge on any atom is 0.260 e. The number of hydrogen-bond acceptors (Lipinski definition) is 2. The van der Waals surface area contributed by atoms with Crippen LogP contribution in [0, 0.1) is 20.8 Å². The van der Waals surface area contributed by atoms with Crippen LogP contribution in [-0.2, 0) is 4.79 Å². The minimum Gasteiger partial charge on any atom is -0.483 e. The third-order valence-electron chi connectivity index (χ3n) is 3.55. The summed E-state index contributed by atoms with van der Waals surface area (Å²) in [6.45, 7) is 12.0. The number of nitrogens with zero attached hydrogens (tertiary/aromatic N) is 1. The highest BCUT2D eigenvalue weighted by atomic mass is 16.5. The van der Waals surface area contributed by atoms with Gasteiger partial charge in [0, 0.05) is 13.1 Å². The molecule has 1 aromatic rings. The average Bonchev–Trinajstić information content (AvgIpc) is 2.42. The van der Waals surface area contributed by atoms with Gasteiger partial charge in [-0.25, -0.2) is 0 Å². The zero-order valence-electron chi connectivity index (χ0n) is 13.5. The molecule has 1 rings (SSSR count). The molecule has 0 N–H and O–H groups in total. The van der Waals surface area contributed by atoms with E-state index < -0.39 is 0 Å². The fourth-order valence-electron chi connectivity index (χ4n) is 2.27. The maximum absolute atomic E-state index is 12.2. The van der Waals surface area contributed by atoms with E-state index in [0.29, 0.717) is 0 Å². The van der Waals surface area contributed by atoms with Crippen molar-refractivity contribution in [3.05, 3.63) is 28.8 Å². The summed E-state index contributed by atoms with van der Waals surface area (Å²) >= 11 is 0. The lowest BCUT2D eigenvalue weighted by atomic mass is 10.1. The molecule has 0 saturated carbocycles. The van der Waals surface area contributed by atoms with Crippen LogP contribution < -0.4 is 4.74 Å². The van der Waals surface area contributed by atoms with Crippen molar-refractivity contribution in [3.8, 4) is 5.75 Å². The molecule has 0 aliphatic heterocycles. The SMILES string of the molecule is CCCN(CCC)C(=O)COc1c(C)ccc(C)c1C. The van der Waals surface area contributed by atoms with Crippen molar-refractivity contribution in [1.29, 1.82) is 0 Å². The second kappa shape index (κ2) is 7.93. The van der Waals surface area contributed by atoms with E-state index >= 15 is 0 Å². The van der Waals surface area contributed by atoms with E-state index in [1.54, 1.807) is 0 Å². The second-order valence-electron chi connectivity index (χ2n) is 5.32. The first-order chi connectivity index (χ1) is 9.51. The van der Waals surface area contributed by atoms with Gasteiger partial charge in [0.2, 0.25) is 0 Å². The van der Waals surface area contributed by atoms with Gasteiger partial charge in [0.05, 0.1) is 0 Å². The monoisotopic (exact) mass is 277 g/mol. The summed E-state index contributed by atoms with van der Waals surface area (Å²) in [5.74, 6) is 0.931. The van der Waals surface area contributed by atoms with Gasteiger partial charge in [0.25, 0.3) is 5.91 Å². The number of hydrogen-bond donors (Lipinski definition) is 0. The van der Waals surface area contributed by atoms with Gasteiger partial charge in [-0.1, -0.05) is 26.0 Å². The Kier molecular flexibility index (Phi) is 6.56. The van der Waals surface area contributed by atoms with Gasteiger partial charge < -0.3 is 9.64 Å². The highest BCUT2D eigenvalue weighted by molar-refractivity contribution is 5.77. The molecule has 3 nitrogen and oxygen atoms in total. The highest BCUT2D eigenvalue weighted by Crippen LogP contribution is 2.25. The molecule has 0 aliphatic carbocycles. The smallest absolute Gasteiger partial charge is 0.260 e. The Labute approximate surface area is 122 Å². The Morgan fingerprint density at radius 2 is 1.60 bits per heavy atom. The zero-order valence-corrected chi connectivity index (χ0v) is 13.5. The van der Waals surface area contributed by atoms with Crippen molar-refractivity contribution in [1.82, 2.24) is 4.90 Å². The number of amides is 1. The van der Waals surface area contributed by atoms with Gasteiger partial charge in [-0.2, -0.15) is 0 Å². The molecule has 0 atom stereocenters. The molecule has 0 radical (unpaired) electrons. The minimum absolute atomic E-state index is 0.0778. The molecule has 1 amide bonds. The molecule has 20 heavy (non-hydrogen) atoms. The van der Waals surface area contributed by atoms with E-state index in [9.17, 15) is 4.79 Å². The Bertz CT molecular complexity index is 449. The number of rotatable bonds is 7. The largest absolute Gasteiger partial charge is 0.483 e. The van der Waals surface area contributed by atoms with E-state index in [2.05, 4.69) is 26.8 Å². The molecule has 112 valence electrons. The molecule has 0 saturated heterocycles. The molecular formula is C17H27NO2. The highest BCUT2D eigenvalue weighted by Gasteiger charge is 2.14. The van der Waals surface area contributed by atoms with Crippen LogP contribution in [0.25, 0.3) is 0 Å². The van der Waals surface area contributed by atoms with Gasteiger partial charge in [0.1, 0.15) is 5.75 Å². The average molecular weight is 277 g/mol. The predicted octanol–water partition coefficient (Wildman–Crippen LogP) is 3.64. The van der Waals surface area contributed by atoms with Gasteiger partial charge in [-0.3, -0.25) is 4.79 Å². The van der Waals surface area contributed by atoms with Crippen molar-refractivity contribution in [2.75, 3.05) is 19.7 Å². The Morgan fingerprint density at radius 1 is 1.05 bits per heavy atom. The summed E-state index contributed by atoms with van der Waals surface area (Å²) in [6, 6.07) is 4.12. The Balaban J connectivity index is 2.71. The molecule has 0 bridgehead atoms. The molecule has 0 unspecified atom stereocenters. The van der Waals surface area contributed by atoms with E-state index in [-0.39, 0.29) is 12.5 Å². The number of carbonyl (C=O) groups excluding carboxylic acids is 1. The molecule has 0 fully saturated rings. The van der Waals surface area contributed by atoms with Crippen molar-refractivity contribution in [3.63, 3.8) is 0 Å². The maximum atomic E-state index is 12.2. The Hall–Kier alpha value is -1.51. The molecule has 0 aromatic heterocycles. The van der Waals surface area contributed by atoms with E-state index in [1.165, 1.54) is 5.56 Å². The summed E-state index contributed by atoms with van der Waals surface area (Å²) in [5.41, 5.74) is 3.39. The van der Waals surface area contributed by atoms with Crippen LogP contribution in [0.4, 0.5) is 0 Å². The van der Waals surface area contributed by atoms with Crippen LogP contribution in [0.3, 0.4) is 0 Å². The van der Waals surface area contributed by atoms with Crippen molar-refractivity contribution in [2.24, 2.45) is 0 Å². The first-order valence-electron chi connectivity index (χ1n) is 7.48. The number of aryl methyl sites for hydroxylation is 2. The molecule has 3 heteroatoms. The molecule has 1 aromatic carbocycles. The van der Waals surface area contributed by atoms with Crippen LogP contribution in [0.15, 0.2) is 12.1 Å². The van der Waals surface area contributed by atoms with Gasteiger partial charge >= 0.3 is 0 Å². The summed E-state index contributed by atoms with van der Waals surface area (Å²) in [6.07, 6.45) is 1.96. The third-order valence-corrected chi connectivity index (χ3v) is 3.55. The molecule has 0 aliphatic rings. The standard InChI is InChI=1S/C17H27NO2/c1-6-10-18(11-7-2)16(19)12-20-17-14(4)9-8-13(3)15(17)5/h8-9H,6-7,10-12H2,1-5H3. The third kappa shape index (κ3) is 4.26. The van der Waals surface area contributed by atoms with Crippen LogP contribution in [0.2, 0.25) is 0 Å². The summed E-state index contributed by atoms with van der Waals surface area (Å²) in [7, 11) is 0. The van der Waals surface area contributed by atoms with Crippen molar-refractivity contribution in [2.45, 2.75) is 47.5 Å². The number of ether oxygens (including phenoxy) is 1. The molecular weight excluding hydrogens is 250 g/mol. The quantitative estimate of drug-likeness (QED) is 0.761. The predicted molar refractivity (Wildman–Crippen MR) is 83.3 cm³/mol. The second-order valence-corrected chi connectivity index (χ2v) is 5.32. The lowest BCUT2D eigenvalue weighted by Crippen LogP contribution is -2.36. The summed E-state index contributed by atoms with van der Waals surface area (Å²) in [4.78, 5) is 14.1. The first-order valence-corrected chi connectivity index (χ1v) is 7.48. The van der Waals surface area contributed by atoms with Gasteiger partial charge in [-0.15, -0.1) is 0 Å². The van der Waals surface area contributed by atoms with Crippen LogP contribution in [0.5, 0.6) is 5.75 Å². The van der Waals surface area contributed by atoms with Crippen molar-refractivity contribution >= 4 is 5.91 Å². The Morgan fingerprint density at radius 3 is 2.15 bits per heavy atom. The number of benzene rings is 1. The van der Waals surface area contributed by atoms with E-state index in [1.807, 2.05) is 24.8 Å². The van der Waals surface area contributed by atoms with Crippen LogP contribution in [-0.4, -0.2) is 30.5 Å². The van der Waals surface area contributed by atoms with Crippen LogP contribution in [0.1, 0.15) is 43.4 Å². The summed E-state index contributed by atoms with van der Waals surface area (Å²) < 4.78 is 5.79. The topological polar surface area (TPSA) is 29.5 Å². The van der Waals surface area contributed by atoms with E-state index in [4.69, 9.17) is 4.74 Å². The van der Waals surface area contributed by atoms with E-state index in [0.717, 1.165) is 42.8 Å². The zero-order chi connectivity index (χ0) is 15.1. The van der Waals surface area contributed by atoms with Gasteiger partial charge in [-0.05, 0) is 50.3 Å². The molecule has 0 heterocycles. The fraction of sp³-hybridized carbons (Fsp3) is 0.588. The van der Waals surface area contributed by atoms with Crippen molar-refractivity contribution < 1.29 is 9.53 Å². The number of carbonyl (C=O) groups is 1.